The highest BCUT2D eigenvalue weighted by molar-refractivity contribution is 5.86. The van der Waals surface area contributed by atoms with Gasteiger partial charge in [-0.25, -0.2) is 0 Å². The van der Waals surface area contributed by atoms with Gasteiger partial charge in [0.2, 0.25) is 0 Å². The minimum absolute atomic E-state index is 0.0954. The van der Waals surface area contributed by atoms with Gasteiger partial charge in [0, 0.05) is 24.9 Å². The third-order valence-electron chi connectivity index (χ3n) is 5.16. The maximum atomic E-state index is 12.7. The molecular weight excluding hydrogens is 254 g/mol. The van der Waals surface area contributed by atoms with E-state index in [1.807, 2.05) is 11.8 Å². The molecule has 0 radical (unpaired) electrons. The first-order valence-electron chi connectivity index (χ1n) is 8.15. The monoisotopic (exact) mass is 279 g/mol. The van der Waals surface area contributed by atoms with E-state index in [-0.39, 0.29) is 30.1 Å². The fourth-order valence-electron chi connectivity index (χ4n) is 4.07. The standard InChI is InChI=1S/C16H25NO3/c1-11-8-9-15(20-11)16(19)17-10-3-2-6-13(17)12-5-4-7-14(12)18/h11-13,15H,2-10H2,1H3. The molecule has 1 aliphatic carbocycles. The molecule has 2 saturated heterocycles. The molecule has 112 valence electrons. The minimum atomic E-state index is -0.262. The normalized spacial score (nSPS) is 38.5. The van der Waals surface area contributed by atoms with Crippen molar-refractivity contribution in [1.82, 2.24) is 4.90 Å². The Morgan fingerprint density at radius 3 is 2.65 bits per heavy atom. The predicted octanol–water partition coefficient (Wildman–Crippen LogP) is 2.30. The van der Waals surface area contributed by atoms with Crippen LogP contribution < -0.4 is 0 Å². The minimum Gasteiger partial charge on any atom is -0.365 e. The summed E-state index contributed by atoms with van der Waals surface area (Å²) in [7, 11) is 0. The molecule has 20 heavy (non-hydrogen) atoms. The number of nitrogens with zero attached hydrogens (tertiary/aromatic N) is 1. The van der Waals surface area contributed by atoms with Crippen LogP contribution in [0.15, 0.2) is 0 Å². The van der Waals surface area contributed by atoms with Gasteiger partial charge >= 0.3 is 0 Å². The van der Waals surface area contributed by atoms with E-state index in [0.717, 1.165) is 51.5 Å². The molecule has 0 aromatic rings. The number of amides is 1. The quantitative estimate of drug-likeness (QED) is 0.779. The molecule has 0 spiro atoms. The summed E-state index contributed by atoms with van der Waals surface area (Å²) in [6.07, 6.45) is 7.60. The Hall–Kier alpha value is -0.900. The number of rotatable bonds is 2. The van der Waals surface area contributed by atoms with Crippen LogP contribution in [0.3, 0.4) is 0 Å². The summed E-state index contributed by atoms with van der Waals surface area (Å²) in [5, 5.41) is 0. The fourth-order valence-corrected chi connectivity index (χ4v) is 4.07. The average molecular weight is 279 g/mol. The van der Waals surface area contributed by atoms with Crippen molar-refractivity contribution in [2.45, 2.75) is 76.5 Å². The maximum Gasteiger partial charge on any atom is 0.251 e. The van der Waals surface area contributed by atoms with E-state index in [0.29, 0.717) is 12.2 Å². The van der Waals surface area contributed by atoms with Crippen molar-refractivity contribution in [3.05, 3.63) is 0 Å². The van der Waals surface area contributed by atoms with Crippen LogP contribution in [-0.2, 0) is 14.3 Å². The Labute approximate surface area is 120 Å². The maximum absolute atomic E-state index is 12.7. The Morgan fingerprint density at radius 1 is 1.15 bits per heavy atom. The van der Waals surface area contributed by atoms with Gasteiger partial charge in [0.1, 0.15) is 11.9 Å². The summed E-state index contributed by atoms with van der Waals surface area (Å²) in [4.78, 5) is 26.7. The molecule has 2 heterocycles. The Bertz CT molecular complexity index is 395. The molecule has 2 aliphatic heterocycles. The molecule has 1 saturated carbocycles. The van der Waals surface area contributed by atoms with Crippen molar-refractivity contribution in [1.29, 1.82) is 0 Å². The second-order valence-electron chi connectivity index (χ2n) is 6.57. The number of hydrogen-bond acceptors (Lipinski definition) is 3. The zero-order valence-electron chi connectivity index (χ0n) is 12.3. The van der Waals surface area contributed by atoms with Crippen molar-refractivity contribution < 1.29 is 14.3 Å². The van der Waals surface area contributed by atoms with Crippen molar-refractivity contribution in [3.63, 3.8) is 0 Å². The van der Waals surface area contributed by atoms with Crippen molar-refractivity contribution in [3.8, 4) is 0 Å². The third kappa shape index (κ3) is 2.62. The highest BCUT2D eigenvalue weighted by Gasteiger charge is 2.41. The number of piperidine rings is 1. The summed E-state index contributed by atoms with van der Waals surface area (Å²) in [6.45, 7) is 2.84. The zero-order valence-corrected chi connectivity index (χ0v) is 12.3. The Balaban J connectivity index is 1.71. The van der Waals surface area contributed by atoms with E-state index in [9.17, 15) is 9.59 Å². The van der Waals surface area contributed by atoms with Crippen LogP contribution in [0.4, 0.5) is 0 Å². The van der Waals surface area contributed by atoms with Crippen LogP contribution in [0.1, 0.15) is 58.3 Å². The smallest absolute Gasteiger partial charge is 0.251 e. The molecule has 4 nitrogen and oxygen atoms in total. The largest absolute Gasteiger partial charge is 0.365 e. The first-order valence-corrected chi connectivity index (χ1v) is 8.15. The fraction of sp³-hybridized carbons (Fsp3) is 0.875. The SMILES string of the molecule is CC1CCC(C(=O)N2CCCCC2C2CCCC2=O)O1. The molecule has 0 bridgehead atoms. The second-order valence-corrected chi connectivity index (χ2v) is 6.57. The van der Waals surface area contributed by atoms with Gasteiger partial charge in [0.15, 0.2) is 0 Å². The summed E-state index contributed by atoms with van der Waals surface area (Å²) in [6, 6.07) is 0.144. The van der Waals surface area contributed by atoms with Gasteiger partial charge in [0.05, 0.1) is 6.10 Å². The first kappa shape index (κ1) is 14.1. The van der Waals surface area contributed by atoms with Gasteiger partial charge in [0.25, 0.3) is 5.91 Å². The van der Waals surface area contributed by atoms with E-state index in [4.69, 9.17) is 4.74 Å². The zero-order chi connectivity index (χ0) is 14.1. The number of Topliss-reactive ketones (excluding diaryl/α,β-unsaturated/α-hetero) is 1. The van der Waals surface area contributed by atoms with Gasteiger partial charge in [-0.1, -0.05) is 0 Å². The van der Waals surface area contributed by atoms with Gasteiger partial charge in [-0.3, -0.25) is 9.59 Å². The van der Waals surface area contributed by atoms with E-state index < -0.39 is 0 Å². The highest BCUT2D eigenvalue weighted by Crippen LogP contribution is 2.34. The molecule has 0 aromatic heterocycles. The highest BCUT2D eigenvalue weighted by atomic mass is 16.5. The van der Waals surface area contributed by atoms with E-state index >= 15 is 0 Å². The van der Waals surface area contributed by atoms with Crippen LogP contribution in [0.2, 0.25) is 0 Å². The van der Waals surface area contributed by atoms with Gasteiger partial charge in [-0.2, -0.15) is 0 Å². The molecule has 3 rings (SSSR count). The molecule has 4 unspecified atom stereocenters. The van der Waals surface area contributed by atoms with Gasteiger partial charge < -0.3 is 9.64 Å². The summed E-state index contributed by atoms with van der Waals surface area (Å²) >= 11 is 0. The predicted molar refractivity (Wildman–Crippen MR) is 75.3 cm³/mol. The summed E-state index contributed by atoms with van der Waals surface area (Å²) in [5.74, 6) is 0.604. The number of hydrogen-bond donors (Lipinski definition) is 0. The number of ether oxygens (including phenoxy) is 1. The van der Waals surface area contributed by atoms with E-state index in [2.05, 4.69) is 0 Å². The van der Waals surface area contributed by atoms with E-state index in [1.165, 1.54) is 0 Å². The van der Waals surface area contributed by atoms with Crippen molar-refractivity contribution in [2.24, 2.45) is 5.92 Å². The van der Waals surface area contributed by atoms with E-state index in [1.54, 1.807) is 0 Å². The lowest BCUT2D eigenvalue weighted by Gasteiger charge is -2.39. The Morgan fingerprint density at radius 2 is 2.00 bits per heavy atom. The Kier molecular flexibility index (Phi) is 4.11. The lowest BCUT2D eigenvalue weighted by molar-refractivity contribution is -0.148. The lowest BCUT2D eigenvalue weighted by Crippen LogP contribution is -2.51. The van der Waals surface area contributed by atoms with Crippen LogP contribution >= 0.6 is 0 Å². The molecule has 0 aromatic carbocycles. The molecule has 3 aliphatic rings. The molecule has 1 amide bonds. The molecule has 3 fully saturated rings. The molecule has 4 heteroatoms. The van der Waals surface area contributed by atoms with Crippen LogP contribution in [-0.4, -0.2) is 41.4 Å². The van der Waals surface area contributed by atoms with Gasteiger partial charge in [-0.15, -0.1) is 0 Å². The first-order chi connectivity index (χ1) is 9.66. The van der Waals surface area contributed by atoms with Crippen molar-refractivity contribution >= 4 is 11.7 Å². The van der Waals surface area contributed by atoms with Crippen molar-refractivity contribution in [2.75, 3.05) is 6.54 Å². The average Bonchev–Trinajstić information content (AvgIpc) is 3.07. The number of likely N-dealkylation sites (tertiary alicyclic amines) is 1. The second kappa shape index (κ2) is 5.84. The molecule has 4 atom stereocenters. The topological polar surface area (TPSA) is 46.6 Å². The number of ketones is 1. The van der Waals surface area contributed by atoms with Gasteiger partial charge in [-0.05, 0) is 51.9 Å². The lowest BCUT2D eigenvalue weighted by atomic mass is 9.88. The molecule has 0 N–H and O–H groups in total. The summed E-state index contributed by atoms with van der Waals surface area (Å²) < 4.78 is 5.74. The number of carbonyl (C=O) groups is 2. The van der Waals surface area contributed by atoms with Crippen LogP contribution in [0.25, 0.3) is 0 Å². The van der Waals surface area contributed by atoms with Crippen LogP contribution in [0.5, 0.6) is 0 Å². The molecular formula is C16H25NO3. The van der Waals surface area contributed by atoms with Crippen LogP contribution in [0, 0.1) is 5.92 Å². The summed E-state index contributed by atoms with van der Waals surface area (Å²) in [5.41, 5.74) is 0. The third-order valence-corrected chi connectivity index (χ3v) is 5.16. The number of carbonyl (C=O) groups excluding carboxylic acids is 2.